The predicted octanol–water partition coefficient (Wildman–Crippen LogP) is 4.35. The highest BCUT2D eigenvalue weighted by Gasteiger charge is 2.16. The number of hydrogen-bond donors (Lipinski definition) is 1. The minimum Gasteiger partial charge on any atom is -0.481 e. The van der Waals surface area contributed by atoms with E-state index in [1.165, 1.54) is 0 Å². The number of benzene rings is 3. The molecule has 0 radical (unpaired) electrons. The molecule has 0 fully saturated rings. The van der Waals surface area contributed by atoms with Crippen LogP contribution < -0.4 is 15.5 Å². The molecule has 27 heavy (non-hydrogen) atoms. The zero-order chi connectivity index (χ0) is 18.8. The second kappa shape index (κ2) is 6.96. The van der Waals surface area contributed by atoms with Crippen LogP contribution in [-0.2, 0) is 4.79 Å². The smallest absolute Gasteiger partial charge is 0.265 e. The largest absolute Gasteiger partial charge is 0.481 e. The molecule has 0 saturated heterocycles. The lowest BCUT2D eigenvalue weighted by molar-refractivity contribution is -0.122. The van der Waals surface area contributed by atoms with Crippen molar-refractivity contribution in [2.75, 3.05) is 5.32 Å². The van der Waals surface area contributed by atoms with Crippen LogP contribution in [0.4, 0.5) is 5.69 Å². The van der Waals surface area contributed by atoms with Gasteiger partial charge in [-0.25, -0.2) is 0 Å². The lowest BCUT2D eigenvalue weighted by Crippen LogP contribution is -2.30. The van der Waals surface area contributed by atoms with Crippen molar-refractivity contribution >= 4 is 33.5 Å². The number of amides is 1. The van der Waals surface area contributed by atoms with Crippen molar-refractivity contribution in [2.24, 2.45) is 0 Å². The molecule has 5 nitrogen and oxygen atoms in total. The molecule has 134 valence electrons. The summed E-state index contributed by atoms with van der Waals surface area (Å²) in [5.41, 5.74) is 1.40. The molecule has 0 unspecified atom stereocenters. The normalized spacial score (nSPS) is 12.0. The molecule has 0 aliphatic carbocycles. The molecule has 0 spiro atoms. The van der Waals surface area contributed by atoms with E-state index in [9.17, 15) is 9.59 Å². The van der Waals surface area contributed by atoms with E-state index in [4.69, 9.17) is 9.15 Å². The maximum atomic E-state index is 12.7. The number of nitrogens with one attached hydrogen (secondary N) is 1. The summed E-state index contributed by atoms with van der Waals surface area (Å²) in [5.74, 6) is 0.314. The van der Waals surface area contributed by atoms with Gasteiger partial charge >= 0.3 is 0 Å². The first kappa shape index (κ1) is 16.8. The van der Waals surface area contributed by atoms with Gasteiger partial charge in [-0.1, -0.05) is 30.3 Å². The molecule has 4 aromatic rings. The molecule has 1 heterocycles. The fraction of sp³-hybridized carbons (Fsp3) is 0.0909. The summed E-state index contributed by atoms with van der Waals surface area (Å²) in [5, 5.41) is 3.71. The van der Waals surface area contributed by atoms with Crippen molar-refractivity contribution in [3.05, 3.63) is 83.0 Å². The van der Waals surface area contributed by atoms with Gasteiger partial charge in [0, 0.05) is 5.69 Å². The van der Waals surface area contributed by atoms with Gasteiger partial charge in [-0.15, -0.1) is 0 Å². The Morgan fingerprint density at radius 2 is 1.63 bits per heavy atom. The maximum absolute atomic E-state index is 12.7. The highest BCUT2D eigenvalue weighted by Crippen LogP contribution is 2.22. The number of hydrogen-bond acceptors (Lipinski definition) is 4. The number of anilines is 1. The number of carbonyl (C=O) groups excluding carboxylic acids is 1. The Bertz CT molecular complexity index is 1180. The standard InChI is InChI=1S/C22H17NO4/c1-14(26-16-7-3-2-4-8-16)22(25)23-15-11-12-20-18(13-15)21(24)17-9-5-6-10-19(17)27-20/h2-14H,1H3,(H,23,25)/t14-/m1/s1. The molecule has 0 saturated carbocycles. The first-order valence-corrected chi connectivity index (χ1v) is 8.60. The van der Waals surface area contributed by atoms with Crippen LogP contribution in [0.3, 0.4) is 0 Å². The fourth-order valence-electron chi connectivity index (χ4n) is 2.88. The maximum Gasteiger partial charge on any atom is 0.265 e. The summed E-state index contributed by atoms with van der Waals surface area (Å²) in [6.45, 7) is 1.67. The minimum absolute atomic E-state index is 0.128. The zero-order valence-electron chi connectivity index (χ0n) is 14.6. The number of ether oxygens (including phenoxy) is 1. The van der Waals surface area contributed by atoms with Crippen LogP contribution in [0.1, 0.15) is 6.92 Å². The van der Waals surface area contributed by atoms with Crippen molar-refractivity contribution in [3.8, 4) is 5.75 Å². The van der Waals surface area contributed by atoms with E-state index in [1.807, 2.05) is 24.3 Å². The summed E-state index contributed by atoms with van der Waals surface area (Å²) in [4.78, 5) is 25.1. The molecule has 0 bridgehead atoms. The summed E-state index contributed by atoms with van der Waals surface area (Å²) in [7, 11) is 0. The molecule has 1 N–H and O–H groups in total. The average Bonchev–Trinajstić information content (AvgIpc) is 2.69. The second-order valence-electron chi connectivity index (χ2n) is 6.20. The molecule has 0 aliphatic rings. The van der Waals surface area contributed by atoms with Crippen LogP contribution in [0.2, 0.25) is 0 Å². The highest BCUT2D eigenvalue weighted by molar-refractivity contribution is 5.97. The van der Waals surface area contributed by atoms with Gasteiger partial charge in [0.25, 0.3) is 5.91 Å². The highest BCUT2D eigenvalue weighted by atomic mass is 16.5. The molecule has 4 rings (SSSR count). The topological polar surface area (TPSA) is 68.5 Å². The van der Waals surface area contributed by atoms with E-state index >= 15 is 0 Å². The van der Waals surface area contributed by atoms with Crippen LogP contribution >= 0.6 is 0 Å². The lowest BCUT2D eigenvalue weighted by atomic mass is 10.1. The Labute approximate surface area is 155 Å². The Balaban J connectivity index is 1.60. The summed E-state index contributed by atoms with van der Waals surface area (Å²) < 4.78 is 11.4. The third kappa shape index (κ3) is 3.40. The molecule has 1 amide bonds. The van der Waals surface area contributed by atoms with Crippen LogP contribution in [0.5, 0.6) is 5.75 Å². The lowest BCUT2D eigenvalue weighted by Gasteiger charge is -2.15. The van der Waals surface area contributed by atoms with Crippen LogP contribution in [0.25, 0.3) is 21.9 Å². The summed E-state index contributed by atoms with van der Waals surface area (Å²) >= 11 is 0. The average molecular weight is 359 g/mol. The molecule has 0 aliphatic heterocycles. The summed E-state index contributed by atoms with van der Waals surface area (Å²) in [6, 6.07) is 21.2. The minimum atomic E-state index is -0.684. The third-order valence-corrected chi connectivity index (χ3v) is 4.27. The SMILES string of the molecule is C[C@@H](Oc1ccccc1)C(=O)Nc1ccc2oc3ccccc3c(=O)c2c1. The Morgan fingerprint density at radius 1 is 0.926 bits per heavy atom. The number of rotatable bonds is 4. The van der Waals surface area contributed by atoms with Gasteiger partial charge in [0.15, 0.2) is 6.10 Å². The van der Waals surface area contributed by atoms with Crippen LogP contribution in [0.15, 0.2) is 82.0 Å². The van der Waals surface area contributed by atoms with E-state index in [0.717, 1.165) is 0 Å². The molecule has 1 aromatic heterocycles. The monoisotopic (exact) mass is 359 g/mol. The van der Waals surface area contributed by atoms with E-state index < -0.39 is 6.10 Å². The molecule has 5 heteroatoms. The van der Waals surface area contributed by atoms with Gasteiger partial charge in [-0.2, -0.15) is 0 Å². The van der Waals surface area contributed by atoms with Gasteiger partial charge in [0.05, 0.1) is 10.8 Å². The van der Waals surface area contributed by atoms with E-state index in [-0.39, 0.29) is 11.3 Å². The van der Waals surface area contributed by atoms with Crippen molar-refractivity contribution < 1.29 is 13.9 Å². The van der Waals surface area contributed by atoms with Crippen molar-refractivity contribution in [2.45, 2.75) is 13.0 Å². The second-order valence-corrected chi connectivity index (χ2v) is 6.20. The third-order valence-electron chi connectivity index (χ3n) is 4.27. The number of para-hydroxylation sites is 2. The van der Waals surface area contributed by atoms with Gasteiger partial charge in [0.1, 0.15) is 16.9 Å². The Hall–Kier alpha value is -3.60. The van der Waals surface area contributed by atoms with Gasteiger partial charge < -0.3 is 14.5 Å². The van der Waals surface area contributed by atoms with E-state index in [0.29, 0.717) is 33.4 Å². The predicted molar refractivity (Wildman–Crippen MR) is 105 cm³/mol. The van der Waals surface area contributed by atoms with E-state index in [1.54, 1.807) is 55.5 Å². The van der Waals surface area contributed by atoms with Gasteiger partial charge in [-0.05, 0) is 49.4 Å². The zero-order valence-corrected chi connectivity index (χ0v) is 14.6. The molecule has 1 atom stereocenters. The first-order valence-electron chi connectivity index (χ1n) is 8.60. The van der Waals surface area contributed by atoms with Crippen molar-refractivity contribution in [1.29, 1.82) is 0 Å². The summed E-state index contributed by atoms with van der Waals surface area (Å²) in [6.07, 6.45) is -0.684. The molecule has 3 aromatic carbocycles. The van der Waals surface area contributed by atoms with Crippen molar-refractivity contribution in [3.63, 3.8) is 0 Å². The number of carbonyl (C=O) groups is 1. The van der Waals surface area contributed by atoms with E-state index in [2.05, 4.69) is 5.32 Å². The van der Waals surface area contributed by atoms with Gasteiger partial charge in [-0.3, -0.25) is 9.59 Å². The van der Waals surface area contributed by atoms with Crippen LogP contribution in [-0.4, -0.2) is 12.0 Å². The fourth-order valence-corrected chi connectivity index (χ4v) is 2.88. The molecular formula is C22H17NO4. The first-order chi connectivity index (χ1) is 13.1. The van der Waals surface area contributed by atoms with Crippen molar-refractivity contribution in [1.82, 2.24) is 0 Å². The number of fused-ring (bicyclic) bond motifs is 2. The Kier molecular flexibility index (Phi) is 4.34. The van der Waals surface area contributed by atoms with Crippen LogP contribution in [0, 0.1) is 0 Å². The van der Waals surface area contributed by atoms with Gasteiger partial charge in [0.2, 0.25) is 5.43 Å². The Morgan fingerprint density at radius 3 is 2.44 bits per heavy atom. The quantitative estimate of drug-likeness (QED) is 0.550. The molecular weight excluding hydrogens is 342 g/mol.